The second kappa shape index (κ2) is 7.26. The van der Waals surface area contributed by atoms with E-state index in [0.29, 0.717) is 0 Å². The zero-order valence-electron chi connectivity index (χ0n) is 10.6. The molecule has 1 N–H and O–H groups in total. The number of hydrogen-bond donors (Lipinski definition) is 1. The SMILES string of the molecule is Cl.O=S(=O)(F)c1ccc(CCNc2ccccc2)cc1. The molecule has 0 saturated carbocycles. The average Bonchev–Trinajstić information content (AvgIpc) is 2.39. The van der Waals surface area contributed by atoms with Gasteiger partial charge in [-0.1, -0.05) is 30.3 Å². The first kappa shape index (κ1) is 16.5. The van der Waals surface area contributed by atoms with Crippen molar-refractivity contribution >= 4 is 28.3 Å². The fourth-order valence-electron chi connectivity index (χ4n) is 1.73. The summed E-state index contributed by atoms with van der Waals surface area (Å²) in [5.41, 5.74) is 1.99. The first-order valence-electron chi connectivity index (χ1n) is 5.88. The third kappa shape index (κ3) is 4.83. The van der Waals surface area contributed by atoms with Gasteiger partial charge in [0.25, 0.3) is 0 Å². The lowest BCUT2D eigenvalue weighted by Crippen LogP contribution is -2.04. The molecule has 0 atom stereocenters. The third-order valence-electron chi connectivity index (χ3n) is 2.72. The van der Waals surface area contributed by atoms with Gasteiger partial charge in [0, 0.05) is 12.2 Å². The summed E-state index contributed by atoms with van der Waals surface area (Å²) in [6.45, 7) is 0.728. The Morgan fingerprint density at radius 1 is 0.950 bits per heavy atom. The van der Waals surface area contributed by atoms with E-state index in [1.807, 2.05) is 30.3 Å². The molecule has 0 unspecified atom stereocenters. The van der Waals surface area contributed by atoms with Crippen LogP contribution in [0.2, 0.25) is 0 Å². The number of para-hydroxylation sites is 1. The van der Waals surface area contributed by atoms with Gasteiger partial charge in [0.2, 0.25) is 0 Å². The van der Waals surface area contributed by atoms with Crippen molar-refractivity contribution in [2.75, 3.05) is 11.9 Å². The fraction of sp³-hybridized carbons (Fsp3) is 0.143. The van der Waals surface area contributed by atoms with Crippen molar-refractivity contribution in [3.05, 3.63) is 60.2 Å². The average molecular weight is 316 g/mol. The van der Waals surface area contributed by atoms with Gasteiger partial charge in [-0.05, 0) is 36.2 Å². The predicted molar refractivity (Wildman–Crippen MR) is 80.6 cm³/mol. The largest absolute Gasteiger partial charge is 0.385 e. The molecule has 0 spiro atoms. The van der Waals surface area contributed by atoms with Crippen molar-refractivity contribution in [3.8, 4) is 0 Å². The molecular formula is C14H15ClFNO2S. The summed E-state index contributed by atoms with van der Waals surface area (Å²) in [5.74, 6) is 0. The van der Waals surface area contributed by atoms with Gasteiger partial charge >= 0.3 is 10.2 Å². The Hall–Kier alpha value is -1.59. The van der Waals surface area contributed by atoms with Gasteiger partial charge in [-0.25, -0.2) is 0 Å². The van der Waals surface area contributed by atoms with Crippen LogP contribution in [0.5, 0.6) is 0 Å². The zero-order chi connectivity index (χ0) is 13.7. The lowest BCUT2D eigenvalue weighted by molar-refractivity contribution is 0.552. The zero-order valence-corrected chi connectivity index (χ0v) is 12.3. The number of rotatable bonds is 5. The van der Waals surface area contributed by atoms with Gasteiger partial charge in [-0.3, -0.25) is 0 Å². The first-order chi connectivity index (χ1) is 9.05. The van der Waals surface area contributed by atoms with Crippen LogP contribution in [-0.2, 0) is 16.6 Å². The first-order valence-corrected chi connectivity index (χ1v) is 7.26. The summed E-state index contributed by atoms with van der Waals surface area (Å²) >= 11 is 0. The Balaban J connectivity index is 0.00000200. The molecule has 0 bridgehead atoms. The number of halogens is 2. The van der Waals surface area contributed by atoms with E-state index < -0.39 is 10.2 Å². The highest BCUT2D eigenvalue weighted by Gasteiger charge is 2.10. The number of nitrogens with one attached hydrogen (secondary N) is 1. The summed E-state index contributed by atoms with van der Waals surface area (Å²) in [6.07, 6.45) is 0.738. The van der Waals surface area contributed by atoms with Crippen LogP contribution in [0.3, 0.4) is 0 Å². The lowest BCUT2D eigenvalue weighted by Gasteiger charge is -2.06. The second-order valence-corrected chi connectivity index (χ2v) is 5.47. The Morgan fingerprint density at radius 3 is 2.10 bits per heavy atom. The number of anilines is 1. The summed E-state index contributed by atoms with van der Waals surface area (Å²) in [6, 6.07) is 15.6. The van der Waals surface area contributed by atoms with Crippen molar-refractivity contribution in [3.63, 3.8) is 0 Å². The van der Waals surface area contributed by atoms with E-state index in [1.54, 1.807) is 12.1 Å². The molecule has 108 valence electrons. The highest BCUT2D eigenvalue weighted by Crippen LogP contribution is 2.13. The standard InChI is InChI=1S/C14H14FNO2S.ClH/c15-19(17,18)14-8-6-12(7-9-14)10-11-16-13-4-2-1-3-5-13;/h1-9,16H,10-11H2;1H. The van der Waals surface area contributed by atoms with E-state index >= 15 is 0 Å². The van der Waals surface area contributed by atoms with Gasteiger partial charge in [0.1, 0.15) is 0 Å². The molecule has 0 aliphatic rings. The maximum Gasteiger partial charge on any atom is 0.332 e. The smallest absolute Gasteiger partial charge is 0.332 e. The predicted octanol–water partition coefficient (Wildman–Crippen LogP) is 3.42. The Bertz CT molecular complexity index is 630. The summed E-state index contributed by atoms with van der Waals surface area (Å²) in [5, 5.41) is 3.25. The van der Waals surface area contributed by atoms with Crippen LogP contribution in [-0.4, -0.2) is 15.0 Å². The Morgan fingerprint density at radius 2 is 1.55 bits per heavy atom. The molecule has 0 radical (unpaired) electrons. The van der Waals surface area contributed by atoms with Crippen LogP contribution in [0.15, 0.2) is 59.5 Å². The van der Waals surface area contributed by atoms with Crippen LogP contribution in [0.25, 0.3) is 0 Å². The van der Waals surface area contributed by atoms with Crippen LogP contribution in [0, 0.1) is 0 Å². The highest BCUT2D eigenvalue weighted by molar-refractivity contribution is 7.86. The number of hydrogen-bond acceptors (Lipinski definition) is 3. The van der Waals surface area contributed by atoms with Crippen molar-refractivity contribution in [1.29, 1.82) is 0 Å². The van der Waals surface area contributed by atoms with E-state index in [2.05, 4.69) is 5.32 Å². The summed E-state index contributed by atoms with van der Waals surface area (Å²) < 4.78 is 34.0. The van der Waals surface area contributed by atoms with E-state index in [0.717, 1.165) is 24.2 Å². The minimum absolute atomic E-state index is 0. The van der Waals surface area contributed by atoms with Crippen LogP contribution in [0.1, 0.15) is 5.56 Å². The van der Waals surface area contributed by atoms with Crippen molar-refractivity contribution in [2.45, 2.75) is 11.3 Å². The molecule has 2 aromatic carbocycles. The van der Waals surface area contributed by atoms with Gasteiger partial charge in [0.05, 0.1) is 4.90 Å². The van der Waals surface area contributed by atoms with Gasteiger partial charge in [0.15, 0.2) is 0 Å². The minimum atomic E-state index is -4.60. The summed E-state index contributed by atoms with van der Waals surface area (Å²) in [7, 11) is -4.60. The van der Waals surface area contributed by atoms with Crippen LogP contribution < -0.4 is 5.32 Å². The van der Waals surface area contributed by atoms with Crippen LogP contribution >= 0.6 is 12.4 Å². The van der Waals surface area contributed by atoms with E-state index in [4.69, 9.17) is 0 Å². The maximum atomic E-state index is 12.7. The molecule has 0 heterocycles. The topological polar surface area (TPSA) is 46.2 Å². The van der Waals surface area contributed by atoms with Crippen LogP contribution in [0.4, 0.5) is 9.57 Å². The fourth-order valence-corrected chi connectivity index (χ4v) is 2.19. The Kier molecular flexibility index (Phi) is 5.98. The normalized spacial score (nSPS) is 10.7. The van der Waals surface area contributed by atoms with Crippen molar-refractivity contribution in [1.82, 2.24) is 0 Å². The molecule has 3 nitrogen and oxygen atoms in total. The van der Waals surface area contributed by atoms with E-state index in [1.165, 1.54) is 12.1 Å². The molecule has 6 heteroatoms. The molecule has 2 rings (SSSR count). The van der Waals surface area contributed by atoms with Gasteiger partial charge in [-0.15, -0.1) is 16.3 Å². The van der Waals surface area contributed by atoms with Crippen molar-refractivity contribution < 1.29 is 12.3 Å². The Labute approximate surface area is 124 Å². The highest BCUT2D eigenvalue weighted by atomic mass is 35.5. The van der Waals surface area contributed by atoms with Crippen molar-refractivity contribution in [2.24, 2.45) is 0 Å². The number of benzene rings is 2. The summed E-state index contributed by atoms with van der Waals surface area (Å²) in [4.78, 5) is -0.299. The molecule has 0 fully saturated rings. The molecule has 2 aromatic rings. The molecule has 0 aliphatic heterocycles. The van der Waals surface area contributed by atoms with Gasteiger partial charge in [-0.2, -0.15) is 8.42 Å². The van der Waals surface area contributed by atoms with E-state index in [9.17, 15) is 12.3 Å². The molecule has 0 saturated heterocycles. The quantitative estimate of drug-likeness (QED) is 0.860. The second-order valence-electron chi connectivity index (χ2n) is 4.12. The lowest BCUT2D eigenvalue weighted by atomic mass is 10.1. The molecule has 20 heavy (non-hydrogen) atoms. The molecule has 0 aliphatic carbocycles. The molecular weight excluding hydrogens is 301 g/mol. The van der Waals surface area contributed by atoms with E-state index in [-0.39, 0.29) is 17.3 Å². The molecule has 0 amide bonds. The molecule has 0 aromatic heterocycles. The maximum absolute atomic E-state index is 12.7. The third-order valence-corrected chi connectivity index (χ3v) is 3.56. The minimum Gasteiger partial charge on any atom is -0.385 e. The monoisotopic (exact) mass is 315 g/mol. The van der Waals surface area contributed by atoms with Gasteiger partial charge < -0.3 is 5.32 Å².